The summed E-state index contributed by atoms with van der Waals surface area (Å²) in [4.78, 5) is 0. The van der Waals surface area contributed by atoms with Crippen LogP contribution in [0.4, 0.5) is 0 Å². The molecule has 2 rings (SSSR count). The SMILES string of the molecule is C=C(CC(CC)CO)C1CC2CC2(C)C1(C)C. The predicted octanol–water partition coefficient (Wildman–Crippen LogP) is 4.02. The van der Waals surface area contributed by atoms with Crippen LogP contribution in [0.3, 0.4) is 0 Å². The summed E-state index contributed by atoms with van der Waals surface area (Å²) >= 11 is 0. The van der Waals surface area contributed by atoms with Crippen LogP contribution >= 0.6 is 0 Å². The molecule has 2 aliphatic rings. The zero-order chi connectivity index (χ0) is 12.8. The largest absolute Gasteiger partial charge is 0.396 e. The molecule has 2 saturated carbocycles. The Morgan fingerprint density at radius 1 is 1.41 bits per heavy atom. The number of allylic oxidation sites excluding steroid dienone is 1. The number of rotatable bonds is 5. The van der Waals surface area contributed by atoms with Crippen molar-refractivity contribution in [3.8, 4) is 0 Å². The highest BCUT2D eigenvalue weighted by atomic mass is 16.3. The fourth-order valence-electron chi connectivity index (χ4n) is 4.09. The first-order chi connectivity index (χ1) is 7.86. The minimum absolute atomic E-state index is 0.309. The van der Waals surface area contributed by atoms with Crippen molar-refractivity contribution in [2.24, 2.45) is 28.6 Å². The van der Waals surface area contributed by atoms with Crippen LogP contribution in [0.5, 0.6) is 0 Å². The Labute approximate surface area is 106 Å². The molecule has 0 aromatic rings. The lowest BCUT2D eigenvalue weighted by molar-refractivity contribution is 0.161. The summed E-state index contributed by atoms with van der Waals surface area (Å²) in [6.07, 6.45) is 4.83. The molecule has 0 heterocycles. The number of aliphatic hydroxyl groups excluding tert-OH is 1. The Morgan fingerprint density at radius 3 is 2.47 bits per heavy atom. The first-order valence-electron chi connectivity index (χ1n) is 7.15. The van der Waals surface area contributed by atoms with Crippen LogP contribution in [0, 0.1) is 28.6 Å². The van der Waals surface area contributed by atoms with Crippen LogP contribution in [-0.4, -0.2) is 11.7 Å². The van der Waals surface area contributed by atoms with Crippen molar-refractivity contribution >= 4 is 0 Å². The van der Waals surface area contributed by atoms with Gasteiger partial charge in [0.15, 0.2) is 0 Å². The predicted molar refractivity (Wildman–Crippen MR) is 72.7 cm³/mol. The van der Waals surface area contributed by atoms with Crippen molar-refractivity contribution in [3.05, 3.63) is 12.2 Å². The van der Waals surface area contributed by atoms with Gasteiger partial charge in [-0.1, -0.05) is 46.3 Å². The second-order valence-electron chi connectivity index (χ2n) is 7.15. The maximum absolute atomic E-state index is 9.32. The highest BCUT2D eigenvalue weighted by molar-refractivity contribution is 5.23. The Balaban J connectivity index is 2.02. The molecule has 1 nitrogen and oxygen atoms in total. The topological polar surface area (TPSA) is 20.2 Å². The fourth-order valence-corrected chi connectivity index (χ4v) is 4.09. The molecule has 2 aliphatic carbocycles. The van der Waals surface area contributed by atoms with Gasteiger partial charge in [0.05, 0.1) is 0 Å². The zero-order valence-corrected chi connectivity index (χ0v) is 11.9. The minimum atomic E-state index is 0.309. The number of aliphatic hydroxyl groups is 1. The van der Waals surface area contributed by atoms with E-state index in [1.165, 1.54) is 18.4 Å². The Bertz CT molecular complexity index is 313. The second kappa shape index (κ2) is 4.12. The van der Waals surface area contributed by atoms with Gasteiger partial charge >= 0.3 is 0 Å². The van der Waals surface area contributed by atoms with Crippen LogP contribution in [-0.2, 0) is 0 Å². The lowest BCUT2D eigenvalue weighted by Gasteiger charge is -2.37. The van der Waals surface area contributed by atoms with Gasteiger partial charge in [-0.15, -0.1) is 0 Å². The summed E-state index contributed by atoms with van der Waals surface area (Å²) in [6, 6.07) is 0. The van der Waals surface area contributed by atoms with E-state index in [0.29, 0.717) is 29.3 Å². The van der Waals surface area contributed by atoms with E-state index < -0.39 is 0 Å². The van der Waals surface area contributed by atoms with Gasteiger partial charge in [0.2, 0.25) is 0 Å². The van der Waals surface area contributed by atoms with Gasteiger partial charge in [0.1, 0.15) is 0 Å². The van der Waals surface area contributed by atoms with Gasteiger partial charge in [0, 0.05) is 6.61 Å². The molecular weight excluding hydrogens is 208 g/mol. The second-order valence-corrected chi connectivity index (χ2v) is 7.15. The number of hydrogen-bond donors (Lipinski definition) is 1. The van der Waals surface area contributed by atoms with Crippen LogP contribution in [0.25, 0.3) is 0 Å². The summed E-state index contributed by atoms with van der Waals surface area (Å²) in [5.74, 6) is 2.03. The van der Waals surface area contributed by atoms with E-state index in [4.69, 9.17) is 0 Å². The fraction of sp³-hybridized carbons (Fsp3) is 0.875. The quantitative estimate of drug-likeness (QED) is 0.715. The van der Waals surface area contributed by atoms with E-state index in [-0.39, 0.29) is 0 Å². The molecule has 0 radical (unpaired) electrons. The Morgan fingerprint density at radius 2 is 2.06 bits per heavy atom. The van der Waals surface area contributed by atoms with Crippen LogP contribution in [0.1, 0.15) is 53.4 Å². The van der Waals surface area contributed by atoms with Crippen LogP contribution in [0.2, 0.25) is 0 Å². The molecule has 0 saturated heterocycles. The van der Waals surface area contributed by atoms with Crippen molar-refractivity contribution in [1.82, 2.24) is 0 Å². The molecule has 2 fully saturated rings. The van der Waals surface area contributed by atoms with Gasteiger partial charge < -0.3 is 5.11 Å². The minimum Gasteiger partial charge on any atom is -0.396 e. The van der Waals surface area contributed by atoms with Gasteiger partial charge in [-0.2, -0.15) is 0 Å². The van der Waals surface area contributed by atoms with Gasteiger partial charge in [-0.05, 0) is 47.8 Å². The van der Waals surface area contributed by atoms with E-state index in [1.807, 2.05) is 0 Å². The summed E-state index contributed by atoms with van der Waals surface area (Å²) in [5.41, 5.74) is 2.37. The van der Waals surface area contributed by atoms with Crippen molar-refractivity contribution in [1.29, 1.82) is 0 Å². The molecular formula is C16H28O. The zero-order valence-electron chi connectivity index (χ0n) is 11.9. The third kappa shape index (κ3) is 1.87. The summed E-state index contributed by atoms with van der Waals surface area (Å²) in [5, 5.41) is 9.32. The highest BCUT2D eigenvalue weighted by Crippen LogP contribution is 2.75. The van der Waals surface area contributed by atoms with Crippen molar-refractivity contribution in [3.63, 3.8) is 0 Å². The molecule has 1 heteroatoms. The Hall–Kier alpha value is -0.300. The number of fused-ring (bicyclic) bond motifs is 1. The van der Waals surface area contributed by atoms with Crippen molar-refractivity contribution in [2.75, 3.05) is 6.61 Å². The lowest BCUT2D eigenvalue weighted by Crippen LogP contribution is -2.29. The normalized spacial score (nSPS) is 39.8. The molecule has 17 heavy (non-hydrogen) atoms. The van der Waals surface area contributed by atoms with Crippen LogP contribution in [0.15, 0.2) is 12.2 Å². The van der Waals surface area contributed by atoms with E-state index in [0.717, 1.165) is 18.8 Å². The first kappa shape index (κ1) is 13.1. The molecule has 0 spiro atoms. The van der Waals surface area contributed by atoms with Crippen molar-refractivity contribution in [2.45, 2.75) is 53.4 Å². The molecule has 0 bridgehead atoms. The van der Waals surface area contributed by atoms with Gasteiger partial charge in [-0.3, -0.25) is 0 Å². The smallest absolute Gasteiger partial charge is 0.0462 e. The highest BCUT2D eigenvalue weighted by Gasteiger charge is 2.67. The summed E-state index contributed by atoms with van der Waals surface area (Å²) < 4.78 is 0. The standard InChI is InChI=1S/C16H28O/c1-6-12(10-17)7-11(2)14-8-13-9-16(13,5)15(14,3)4/h12-14,17H,2,6-10H2,1,3-5H3. The average molecular weight is 236 g/mol. The first-order valence-corrected chi connectivity index (χ1v) is 7.15. The van der Waals surface area contributed by atoms with E-state index in [9.17, 15) is 5.11 Å². The maximum Gasteiger partial charge on any atom is 0.0462 e. The van der Waals surface area contributed by atoms with Crippen molar-refractivity contribution < 1.29 is 5.11 Å². The molecule has 1 N–H and O–H groups in total. The molecule has 0 aromatic carbocycles. The molecule has 0 amide bonds. The summed E-state index contributed by atoms with van der Waals surface area (Å²) in [7, 11) is 0. The molecule has 0 aromatic heterocycles. The third-order valence-electron chi connectivity index (χ3n) is 6.15. The summed E-state index contributed by atoms with van der Waals surface area (Å²) in [6.45, 7) is 14.1. The molecule has 4 unspecified atom stereocenters. The average Bonchev–Trinajstić information content (AvgIpc) is 2.90. The number of hydrogen-bond acceptors (Lipinski definition) is 1. The third-order valence-corrected chi connectivity index (χ3v) is 6.15. The van der Waals surface area contributed by atoms with Gasteiger partial charge in [0.25, 0.3) is 0 Å². The monoisotopic (exact) mass is 236 g/mol. The van der Waals surface area contributed by atoms with Crippen LogP contribution < -0.4 is 0 Å². The molecule has 0 aliphatic heterocycles. The Kier molecular flexibility index (Phi) is 3.18. The molecule has 98 valence electrons. The van der Waals surface area contributed by atoms with Gasteiger partial charge in [-0.25, -0.2) is 0 Å². The van der Waals surface area contributed by atoms with E-state index >= 15 is 0 Å². The van der Waals surface area contributed by atoms with E-state index in [2.05, 4.69) is 34.3 Å². The lowest BCUT2D eigenvalue weighted by atomic mass is 9.68. The van der Waals surface area contributed by atoms with E-state index in [1.54, 1.807) is 0 Å². The maximum atomic E-state index is 9.32. The molecule has 4 atom stereocenters.